The number of aromatic nitrogens is 2. The van der Waals surface area contributed by atoms with Gasteiger partial charge in [0.1, 0.15) is 11.8 Å². The first-order valence-corrected chi connectivity index (χ1v) is 12.7. The summed E-state index contributed by atoms with van der Waals surface area (Å²) in [7, 11) is -2.13. The Morgan fingerprint density at radius 3 is 2.34 bits per heavy atom. The molecule has 1 N–H and O–H groups in total. The van der Waals surface area contributed by atoms with E-state index in [0.717, 1.165) is 4.68 Å². The number of carbonyl (C=O) groups is 1. The standard InChI is InChI=1S/C25H30N4O5S/c1-6-28(7-2)35(32,33)23-16-19(9-8-17(23)3)22-14-15-24(30)29(27-22)18(4)25(31)26-20-10-12-21(34-5)13-11-20/h8-16,18H,6-7H2,1-5H3,(H,26,31)/t18-/m1/s1. The second-order valence-corrected chi connectivity index (χ2v) is 9.87. The van der Waals surface area contributed by atoms with Gasteiger partial charge in [-0.3, -0.25) is 9.59 Å². The maximum atomic E-state index is 13.1. The highest BCUT2D eigenvalue weighted by molar-refractivity contribution is 7.89. The summed E-state index contributed by atoms with van der Waals surface area (Å²) in [6.07, 6.45) is 0. The van der Waals surface area contributed by atoms with Gasteiger partial charge in [-0.15, -0.1) is 0 Å². The minimum Gasteiger partial charge on any atom is -0.497 e. The molecule has 1 amide bonds. The number of methoxy groups -OCH3 is 1. The van der Waals surface area contributed by atoms with Gasteiger partial charge in [-0.1, -0.05) is 26.0 Å². The van der Waals surface area contributed by atoms with Crippen LogP contribution in [0.2, 0.25) is 0 Å². The molecule has 10 heteroatoms. The van der Waals surface area contributed by atoms with E-state index in [4.69, 9.17) is 4.74 Å². The van der Waals surface area contributed by atoms with Crippen LogP contribution in [-0.2, 0) is 14.8 Å². The maximum absolute atomic E-state index is 13.1. The second kappa shape index (κ2) is 10.8. The lowest BCUT2D eigenvalue weighted by atomic mass is 10.1. The van der Waals surface area contributed by atoms with Crippen LogP contribution in [0.15, 0.2) is 64.3 Å². The highest BCUT2D eigenvalue weighted by Gasteiger charge is 2.24. The zero-order chi connectivity index (χ0) is 25.8. The second-order valence-electron chi connectivity index (χ2n) is 7.96. The zero-order valence-electron chi connectivity index (χ0n) is 20.5. The molecule has 0 radical (unpaired) electrons. The van der Waals surface area contributed by atoms with Crippen molar-refractivity contribution in [3.8, 4) is 17.0 Å². The van der Waals surface area contributed by atoms with E-state index in [-0.39, 0.29) is 4.90 Å². The highest BCUT2D eigenvalue weighted by Crippen LogP contribution is 2.26. The number of amides is 1. The van der Waals surface area contributed by atoms with Crippen LogP contribution in [0.5, 0.6) is 5.75 Å². The summed E-state index contributed by atoms with van der Waals surface area (Å²) in [5.74, 6) is 0.234. The van der Waals surface area contributed by atoms with Crippen molar-refractivity contribution < 1.29 is 17.9 Å². The summed E-state index contributed by atoms with van der Waals surface area (Å²) in [4.78, 5) is 25.5. The van der Waals surface area contributed by atoms with E-state index < -0.39 is 27.5 Å². The molecule has 0 aliphatic heterocycles. The van der Waals surface area contributed by atoms with E-state index >= 15 is 0 Å². The summed E-state index contributed by atoms with van der Waals surface area (Å²) in [5, 5.41) is 7.15. The van der Waals surface area contributed by atoms with Crippen molar-refractivity contribution in [2.75, 3.05) is 25.5 Å². The first kappa shape index (κ1) is 26.1. The Morgan fingerprint density at radius 2 is 1.74 bits per heavy atom. The van der Waals surface area contributed by atoms with E-state index in [0.29, 0.717) is 41.3 Å². The molecular weight excluding hydrogens is 468 g/mol. The summed E-state index contributed by atoms with van der Waals surface area (Å²) in [6, 6.07) is 13.8. The molecule has 1 heterocycles. The summed E-state index contributed by atoms with van der Waals surface area (Å²) in [5.41, 5.74) is 1.62. The normalized spacial score (nSPS) is 12.4. The molecule has 0 fully saturated rings. The van der Waals surface area contributed by atoms with Gasteiger partial charge in [0.15, 0.2) is 0 Å². The Labute approximate surface area is 205 Å². The number of hydrogen-bond acceptors (Lipinski definition) is 6. The minimum atomic E-state index is -3.69. The lowest BCUT2D eigenvalue weighted by Crippen LogP contribution is -2.33. The van der Waals surface area contributed by atoms with Gasteiger partial charge in [0.05, 0.1) is 17.7 Å². The van der Waals surface area contributed by atoms with Crippen LogP contribution in [0.1, 0.15) is 32.4 Å². The molecule has 0 bridgehead atoms. The molecule has 0 saturated carbocycles. The Balaban J connectivity index is 1.94. The average molecular weight is 499 g/mol. The number of sulfonamides is 1. The molecule has 0 aliphatic carbocycles. The predicted octanol–water partition coefficient (Wildman–Crippen LogP) is 3.46. The van der Waals surface area contributed by atoms with Crippen molar-refractivity contribution >= 4 is 21.6 Å². The van der Waals surface area contributed by atoms with Crippen LogP contribution in [0, 0.1) is 6.92 Å². The van der Waals surface area contributed by atoms with Crippen LogP contribution < -0.4 is 15.6 Å². The monoisotopic (exact) mass is 498 g/mol. The van der Waals surface area contributed by atoms with Gasteiger partial charge < -0.3 is 10.1 Å². The van der Waals surface area contributed by atoms with Crippen molar-refractivity contribution in [2.45, 2.75) is 38.6 Å². The molecule has 1 atom stereocenters. The number of aryl methyl sites for hydroxylation is 1. The van der Waals surface area contributed by atoms with E-state index in [1.165, 1.54) is 16.4 Å². The highest BCUT2D eigenvalue weighted by atomic mass is 32.2. The van der Waals surface area contributed by atoms with Crippen LogP contribution in [0.25, 0.3) is 11.3 Å². The molecule has 1 aromatic heterocycles. The third-order valence-electron chi connectivity index (χ3n) is 5.74. The van der Waals surface area contributed by atoms with Gasteiger partial charge in [0.2, 0.25) is 15.9 Å². The Morgan fingerprint density at radius 1 is 1.09 bits per heavy atom. The van der Waals surface area contributed by atoms with Crippen molar-refractivity contribution in [3.05, 3.63) is 70.5 Å². The Bertz CT molecular complexity index is 1360. The molecule has 35 heavy (non-hydrogen) atoms. The van der Waals surface area contributed by atoms with Crippen molar-refractivity contribution in [3.63, 3.8) is 0 Å². The molecule has 0 saturated heterocycles. The van der Waals surface area contributed by atoms with E-state index in [2.05, 4.69) is 10.4 Å². The van der Waals surface area contributed by atoms with Crippen molar-refractivity contribution in [1.29, 1.82) is 0 Å². The zero-order valence-corrected chi connectivity index (χ0v) is 21.3. The summed E-state index contributed by atoms with van der Waals surface area (Å²) >= 11 is 0. The van der Waals surface area contributed by atoms with Gasteiger partial charge in [-0.05, 0) is 55.8 Å². The quantitative estimate of drug-likeness (QED) is 0.484. The number of nitrogens with one attached hydrogen (secondary N) is 1. The molecule has 186 valence electrons. The predicted molar refractivity (Wildman–Crippen MR) is 135 cm³/mol. The fourth-order valence-electron chi connectivity index (χ4n) is 3.63. The number of ether oxygens (including phenoxy) is 1. The lowest BCUT2D eigenvalue weighted by molar-refractivity contribution is -0.119. The van der Waals surface area contributed by atoms with Crippen LogP contribution in [-0.4, -0.2) is 48.6 Å². The largest absolute Gasteiger partial charge is 0.497 e. The first-order chi connectivity index (χ1) is 16.6. The number of anilines is 1. The number of carbonyl (C=O) groups excluding carboxylic acids is 1. The number of rotatable bonds is 9. The molecule has 0 aliphatic rings. The fraction of sp³-hybridized carbons (Fsp3) is 0.320. The number of hydrogen-bond donors (Lipinski definition) is 1. The van der Waals surface area contributed by atoms with Gasteiger partial charge in [0, 0.05) is 30.4 Å². The van der Waals surface area contributed by atoms with Gasteiger partial charge in [-0.25, -0.2) is 13.1 Å². The first-order valence-electron chi connectivity index (χ1n) is 11.3. The molecule has 0 spiro atoms. The third-order valence-corrected chi connectivity index (χ3v) is 7.93. The molecule has 0 unspecified atom stereocenters. The SMILES string of the molecule is CCN(CC)S(=O)(=O)c1cc(-c2ccc(=O)n([C@H](C)C(=O)Nc3ccc(OC)cc3)n2)ccc1C. The molecule has 3 aromatic rings. The summed E-state index contributed by atoms with van der Waals surface area (Å²) in [6.45, 7) is 7.59. The molecular formula is C25H30N4O5S. The van der Waals surface area contributed by atoms with E-state index in [1.807, 2.05) is 0 Å². The molecule has 9 nitrogen and oxygen atoms in total. The van der Waals surface area contributed by atoms with Gasteiger partial charge in [-0.2, -0.15) is 9.40 Å². The van der Waals surface area contributed by atoms with Gasteiger partial charge in [0.25, 0.3) is 5.56 Å². The average Bonchev–Trinajstić information content (AvgIpc) is 2.85. The Hall–Kier alpha value is -3.50. The smallest absolute Gasteiger partial charge is 0.267 e. The van der Waals surface area contributed by atoms with Crippen LogP contribution >= 0.6 is 0 Å². The topological polar surface area (TPSA) is 111 Å². The van der Waals surface area contributed by atoms with Gasteiger partial charge >= 0.3 is 0 Å². The maximum Gasteiger partial charge on any atom is 0.267 e. The van der Waals surface area contributed by atoms with Crippen LogP contribution in [0.4, 0.5) is 5.69 Å². The Kier molecular flexibility index (Phi) is 8.08. The fourth-order valence-corrected chi connectivity index (χ4v) is 5.34. The number of benzene rings is 2. The number of nitrogens with zero attached hydrogens (tertiary/aromatic N) is 3. The van der Waals surface area contributed by atoms with E-state index in [9.17, 15) is 18.0 Å². The molecule has 3 rings (SSSR count). The van der Waals surface area contributed by atoms with Crippen LogP contribution in [0.3, 0.4) is 0 Å². The van der Waals surface area contributed by atoms with Crippen molar-refractivity contribution in [2.24, 2.45) is 0 Å². The van der Waals surface area contributed by atoms with E-state index in [1.54, 1.807) is 77.3 Å². The minimum absolute atomic E-state index is 0.184. The van der Waals surface area contributed by atoms with Crippen molar-refractivity contribution in [1.82, 2.24) is 14.1 Å². The lowest BCUT2D eigenvalue weighted by Gasteiger charge is -2.20. The molecule has 2 aromatic carbocycles. The summed E-state index contributed by atoms with van der Waals surface area (Å²) < 4.78 is 33.8. The third kappa shape index (κ3) is 5.60.